The van der Waals surface area contributed by atoms with E-state index in [4.69, 9.17) is 11.5 Å². The molecule has 0 spiro atoms. The standard InChI is InChI=1S/C9H11NO3/c1-3-7(11)10-5-4-9(2,6-10)8(12)13/h1H,4-6H2,2H3,(H,12,13). The Balaban J connectivity index is 2.70. The van der Waals surface area contributed by atoms with Crippen LogP contribution in [0.15, 0.2) is 0 Å². The molecule has 0 aliphatic carbocycles. The van der Waals surface area contributed by atoms with Crippen LogP contribution in [-0.4, -0.2) is 35.0 Å². The Kier molecular flexibility index (Phi) is 2.28. The molecule has 1 aliphatic heterocycles. The van der Waals surface area contributed by atoms with Crippen molar-refractivity contribution in [3.63, 3.8) is 0 Å². The SMILES string of the molecule is C#CC(=O)N1CCC(C)(C(=O)O)C1. The molecule has 1 saturated heterocycles. The van der Waals surface area contributed by atoms with Gasteiger partial charge < -0.3 is 10.0 Å². The summed E-state index contributed by atoms with van der Waals surface area (Å²) in [6.45, 7) is 2.27. The number of carboxylic acid groups (broad SMARTS) is 1. The lowest BCUT2D eigenvalue weighted by Crippen LogP contribution is -2.34. The van der Waals surface area contributed by atoms with Crippen molar-refractivity contribution in [1.29, 1.82) is 0 Å². The molecule has 1 amide bonds. The number of rotatable bonds is 1. The Morgan fingerprint density at radius 1 is 1.62 bits per heavy atom. The summed E-state index contributed by atoms with van der Waals surface area (Å²) < 4.78 is 0. The Morgan fingerprint density at radius 2 is 2.23 bits per heavy atom. The van der Waals surface area contributed by atoms with Gasteiger partial charge in [0, 0.05) is 13.1 Å². The fourth-order valence-electron chi connectivity index (χ4n) is 1.40. The van der Waals surface area contributed by atoms with Crippen molar-refractivity contribution in [3.05, 3.63) is 0 Å². The second kappa shape index (κ2) is 3.09. The number of hydrogen-bond donors (Lipinski definition) is 1. The highest BCUT2D eigenvalue weighted by Crippen LogP contribution is 2.29. The third kappa shape index (κ3) is 1.64. The molecule has 4 heteroatoms. The van der Waals surface area contributed by atoms with Gasteiger partial charge in [0.2, 0.25) is 0 Å². The van der Waals surface area contributed by atoms with Crippen LogP contribution in [-0.2, 0) is 9.59 Å². The number of aliphatic carboxylic acids is 1. The Morgan fingerprint density at radius 3 is 2.62 bits per heavy atom. The normalized spacial score (nSPS) is 26.9. The molecule has 1 heterocycles. The monoisotopic (exact) mass is 181 g/mol. The molecular formula is C9H11NO3. The first-order valence-corrected chi connectivity index (χ1v) is 3.98. The van der Waals surface area contributed by atoms with Crippen LogP contribution in [0.1, 0.15) is 13.3 Å². The van der Waals surface area contributed by atoms with Crippen molar-refractivity contribution in [2.24, 2.45) is 5.41 Å². The van der Waals surface area contributed by atoms with Gasteiger partial charge in [0.1, 0.15) is 0 Å². The van der Waals surface area contributed by atoms with Gasteiger partial charge in [-0.1, -0.05) is 0 Å². The molecule has 1 fully saturated rings. The van der Waals surface area contributed by atoms with Crippen LogP contribution in [0.5, 0.6) is 0 Å². The van der Waals surface area contributed by atoms with Gasteiger partial charge >= 0.3 is 5.97 Å². The van der Waals surface area contributed by atoms with Gasteiger partial charge in [0.25, 0.3) is 5.91 Å². The molecule has 0 aromatic rings. The fraction of sp³-hybridized carbons (Fsp3) is 0.556. The average Bonchev–Trinajstić information content (AvgIpc) is 2.48. The van der Waals surface area contributed by atoms with Crippen molar-refractivity contribution in [3.8, 4) is 12.3 Å². The van der Waals surface area contributed by atoms with E-state index >= 15 is 0 Å². The molecule has 13 heavy (non-hydrogen) atoms. The molecule has 70 valence electrons. The first-order valence-electron chi connectivity index (χ1n) is 3.98. The van der Waals surface area contributed by atoms with E-state index in [0.29, 0.717) is 13.0 Å². The minimum atomic E-state index is -0.875. The van der Waals surface area contributed by atoms with Crippen LogP contribution in [0.3, 0.4) is 0 Å². The van der Waals surface area contributed by atoms with Gasteiger partial charge in [-0.3, -0.25) is 9.59 Å². The number of amides is 1. The van der Waals surface area contributed by atoms with E-state index in [1.807, 2.05) is 5.92 Å². The maximum atomic E-state index is 11.0. The lowest BCUT2D eigenvalue weighted by molar-refractivity contribution is -0.147. The van der Waals surface area contributed by atoms with Crippen LogP contribution >= 0.6 is 0 Å². The minimum absolute atomic E-state index is 0.214. The zero-order valence-corrected chi connectivity index (χ0v) is 7.41. The van der Waals surface area contributed by atoms with Gasteiger partial charge in [-0.2, -0.15) is 0 Å². The average molecular weight is 181 g/mol. The second-order valence-corrected chi connectivity index (χ2v) is 3.49. The molecular weight excluding hydrogens is 170 g/mol. The predicted molar refractivity (Wildman–Crippen MR) is 45.8 cm³/mol. The lowest BCUT2D eigenvalue weighted by Gasteiger charge is -2.18. The third-order valence-electron chi connectivity index (χ3n) is 2.40. The molecule has 0 bridgehead atoms. The van der Waals surface area contributed by atoms with Crippen molar-refractivity contribution in [2.75, 3.05) is 13.1 Å². The van der Waals surface area contributed by atoms with E-state index in [0.717, 1.165) is 0 Å². The maximum Gasteiger partial charge on any atom is 0.311 e. The second-order valence-electron chi connectivity index (χ2n) is 3.49. The zero-order valence-electron chi connectivity index (χ0n) is 7.41. The summed E-state index contributed by atoms with van der Waals surface area (Å²) in [5.41, 5.74) is -0.827. The Bertz CT molecular complexity index is 292. The molecule has 1 aliphatic rings. The molecule has 1 atom stereocenters. The minimum Gasteiger partial charge on any atom is -0.481 e. The summed E-state index contributed by atoms with van der Waals surface area (Å²) in [7, 11) is 0. The summed E-state index contributed by atoms with van der Waals surface area (Å²) in [5.74, 6) is 0.677. The van der Waals surface area contributed by atoms with Crippen LogP contribution < -0.4 is 0 Å². The summed E-state index contributed by atoms with van der Waals surface area (Å²) in [4.78, 5) is 23.2. The van der Waals surface area contributed by atoms with Gasteiger partial charge in [-0.25, -0.2) is 0 Å². The maximum absolute atomic E-state index is 11.0. The Labute approximate surface area is 76.5 Å². The number of hydrogen-bond acceptors (Lipinski definition) is 2. The lowest BCUT2D eigenvalue weighted by atomic mass is 9.90. The molecule has 1 unspecified atom stereocenters. The number of likely N-dealkylation sites (tertiary alicyclic amines) is 1. The zero-order chi connectivity index (χ0) is 10.1. The fourth-order valence-corrected chi connectivity index (χ4v) is 1.40. The number of carbonyl (C=O) groups excluding carboxylic acids is 1. The van der Waals surface area contributed by atoms with Crippen molar-refractivity contribution in [1.82, 2.24) is 4.90 Å². The number of carbonyl (C=O) groups is 2. The van der Waals surface area contributed by atoms with E-state index < -0.39 is 17.3 Å². The summed E-state index contributed by atoms with van der Waals surface area (Å²) in [6.07, 6.45) is 5.40. The highest BCUT2D eigenvalue weighted by atomic mass is 16.4. The Hall–Kier alpha value is -1.50. The molecule has 0 radical (unpaired) electrons. The van der Waals surface area contributed by atoms with Crippen LogP contribution in [0.25, 0.3) is 0 Å². The van der Waals surface area contributed by atoms with E-state index in [9.17, 15) is 9.59 Å². The summed E-state index contributed by atoms with van der Waals surface area (Å²) in [5, 5.41) is 8.86. The number of terminal acetylenes is 1. The highest BCUT2D eigenvalue weighted by molar-refractivity contribution is 5.93. The van der Waals surface area contributed by atoms with Crippen molar-refractivity contribution < 1.29 is 14.7 Å². The largest absolute Gasteiger partial charge is 0.481 e. The number of nitrogens with zero attached hydrogens (tertiary/aromatic N) is 1. The summed E-state index contributed by atoms with van der Waals surface area (Å²) >= 11 is 0. The molecule has 1 rings (SSSR count). The van der Waals surface area contributed by atoms with Crippen LogP contribution in [0, 0.1) is 17.8 Å². The van der Waals surface area contributed by atoms with E-state index in [1.54, 1.807) is 6.92 Å². The van der Waals surface area contributed by atoms with Gasteiger partial charge in [-0.05, 0) is 19.3 Å². The van der Waals surface area contributed by atoms with Crippen LogP contribution in [0.2, 0.25) is 0 Å². The van der Waals surface area contributed by atoms with Crippen LogP contribution in [0.4, 0.5) is 0 Å². The highest BCUT2D eigenvalue weighted by Gasteiger charge is 2.41. The number of carboxylic acids is 1. The smallest absolute Gasteiger partial charge is 0.311 e. The molecule has 0 saturated carbocycles. The van der Waals surface area contributed by atoms with E-state index in [-0.39, 0.29) is 6.54 Å². The first-order chi connectivity index (χ1) is 5.99. The topological polar surface area (TPSA) is 57.6 Å². The van der Waals surface area contributed by atoms with E-state index in [2.05, 4.69) is 0 Å². The van der Waals surface area contributed by atoms with Crippen molar-refractivity contribution in [2.45, 2.75) is 13.3 Å². The molecule has 0 aromatic carbocycles. The quantitative estimate of drug-likeness (QED) is 0.577. The first kappa shape index (κ1) is 9.59. The summed E-state index contributed by atoms with van der Waals surface area (Å²) in [6, 6.07) is 0. The van der Waals surface area contributed by atoms with Gasteiger partial charge in [-0.15, -0.1) is 6.42 Å². The molecule has 4 nitrogen and oxygen atoms in total. The predicted octanol–water partition coefficient (Wildman–Crippen LogP) is -0.0572. The molecule has 1 N–H and O–H groups in total. The van der Waals surface area contributed by atoms with Gasteiger partial charge in [0.05, 0.1) is 5.41 Å². The third-order valence-corrected chi connectivity index (χ3v) is 2.40. The van der Waals surface area contributed by atoms with Crippen molar-refractivity contribution >= 4 is 11.9 Å². The molecule has 0 aromatic heterocycles. The van der Waals surface area contributed by atoms with E-state index in [1.165, 1.54) is 4.90 Å². The van der Waals surface area contributed by atoms with Gasteiger partial charge in [0.15, 0.2) is 0 Å².